The molecule has 136 valence electrons. The lowest BCUT2D eigenvalue weighted by Crippen LogP contribution is -2.49. The number of hydrogen-bond donors (Lipinski definition) is 0. The summed E-state index contributed by atoms with van der Waals surface area (Å²) in [7, 11) is 0. The monoisotopic (exact) mass is 366 g/mol. The number of fused-ring (bicyclic) bond motifs is 3. The zero-order valence-electron chi connectivity index (χ0n) is 15.2. The Balaban J connectivity index is 0.00000196. The van der Waals surface area contributed by atoms with Crippen molar-refractivity contribution in [3.63, 3.8) is 0 Å². The first-order valence-corrected chi connectivity index (χ1v) is 9.58. The molecule has 0 N–H and O–H groups in total. The molecule has 2 heterocycles. The zero-order valence-corrected chi connectivity index (χ0v) is 16.0. The van der Waals surface area contributed by atoms with Gasteiger partial charge in [-0.1, -0.05) is 60.7 Å². The molecule has 2 aliphatic heterocycles. The van der Waals surface area contributed by atoms with E-state index in [1.54, 1.807) is 0 Å². The number of benzene rings is 2. The van der Waals surface area contributed by atoms with E-state index < -0.39 is 5.41 Å². The Morgan fingerprint density at radius 1 is 0.885 bits per heavy atom. The predicted molar refractivity (Wildman–Crippen MR) is 108 cm³/mol. The molecule has 2 bridgehead atoms. The Morgan fingerprint density at radius 3 is 1.85 bits per heavy atom. The number of rotatable bonds is 5. The molecule has 1 saturated carbocycles. The molecule has 2 aromatic rings. The molecular weight excluding hydrogens is 340 g/mol. The third-order valence-electron chi connectivity index (χ3n) is 6.32. The average Bonchev–Trinajstić information content (AvgIpc) is 2.71. The van der Waals surface area contributed by atoms with E-state index in [1.165, 1.54) is 32.2 Å². The minimum Gasteiger partial charge on any atom is -0.300 e. The molecule has 0 aromatic heterocycles. The Labute approximate surface area is 163 Å². The summed E-state index contributed by atoms with van der Waals surface area (Å²) in [4.78, 5) is 2.66. The van der Waals surface area contributed by atoms with Crippen LogP contribution in [-0.2, 0) is 5.41 Å². The Bertz CT molecular complexity index is 690. The van der Waals surface area contributed by atoms with Crippen LogP contribution in [0.5, 0.6) is 0 Å². The van der Waals surface area contributed by atoms with E-state index in [4.69, 9.17) is 0 Å². The SMILES string of the molecule is Cl.N#CC(CCN1CC2CCC1CC2)(c1ccccc1)c1ccccc1. The normalized spacial score (nSPS) is 22.4. The lowest BCUT2D eigenvalue weighted by atomic mass is 9.72. The van der Waals surface area contributed by atoms with Crippen molar-refractivity contribution in [1.82, 2.24) is 4.90 Å². The summed E-state index contributed by atoms with van der Waals surface area (Å²) in [6.45, 7) is 2.24. The Kier molecular flexibility index (Phi) is 6.01. The van der Waals surface area contributed by atoms with Crippen molar-refractivity contribution >= 4 is 12.4 Å². The molecule has 2 nitrogen and oxygen atoms in total. The molecule has 0 amide bonds. The number of piperidine rings is 2. The van der Waals surface area contributed by atoms with E-state index in [9.17, 15) is 5.26 Å². The number of hydrogen-bond acceptors (Lipinski definition) is 2. The van der Waals surface area contributed by atoms with Gasteiger partial charge in [-0.15, -0.1) is 12.4 Å². The highest BCUT2D eigenvalue weighted by Gasteiger charge is 2.38. The second-order valence-corrected chi connectivity index (χ2v) is 7.67. The van der Waals surface area contributed by atoms with Crippen LogP contribution in [0, 0.1) is 17.2 Å². The molecule has 2 aromatic carbocycles. The van der Waals surface area contributed by atoms with Gasteiger partial charge in [0, 0.05) is 19.1 Å². The fourth-order valence-electron chi connectivity index (χ4n) is 4.84. The molecular formula is C23H27ClN2. The van der Waals surface area contributed by atoms with Crippen molar-refractivity contribution in [2.75, 3.05) is 13.1 Å². The van der Waals surface area contributed by atoms with Crippen LogP contribution < -0.4 is 0 Å². The van der Waals surface area contributed by atoms with E-state index in [-0.39, 0.29) is 12.4 Å². The van der Waals surface area contributed by atoms with Crippen LogP contribution >= 0.6 is 12.4 Å². The highest BCUT2D eigenvalue weighted by Crippen LogP contribution is 2.39. The molecule has 0 radical (unpaired) electrons. The maximum atomic E-state index is 10.3. The molecule has 0 spiro atoms. The van der Waals surface area contributed by atoms with E-state index in [0.717, 1.165) is 36.1 Å². The summed E-state index contributed by atoms with van der Waals surface area (Å²) < 4.78 is 0. The topological polar surface area (TPSA) is 27.0 Å². The first kappa shape index (κ1) is 19.0. The van der Waals surface area contributed by atoms with Crippen molar-refractivity contribution in [2.45, 2.75) is 43.6 Å². The third kappa shape index (κ3) is 3.52. The van der Waals surface area contributed by atoms with Crippen LogP contribution in [0.15, 0.2) is 60.7 Å². The minimum atomic E-state index is -0.556. The Morgan fingerprint density at radius 2 is 1.42 bits per heavy atom. The first-order chi connectivity index (χ1) is 12.3. The lowest BCUT2D eigenvalue weighted by molar-refractivity contribution is 0.0458. The Hall–Kier alpha value is -1.82. The summed E-state index contributed by atoms with van der Waals surface area (Å²) >= 11 is 0. The van der Waals surface area contributed by atoms with Gasteiger partial charge in [-0.05, 0) is 49.1 Å². The quantitative estimate of drug-likeness (QED) is 0.728. The average molecular weight is 367 g/mol. The second-order valence-electron chi connectivity index (χ2n) is 7.67. The van der Waals surface area contributed by atoms with Crippen molar-refractivity contribution in [2.24, 2.45) is 5.92 Å². The van der Waals surface area contributed by atoms with E-state index in [1.807, 2.05) is 36.4 Å². The van der Waals surface area contributed by atoms with Crippen LogP contribution in [0.1, 0.15) is 43.2 Å². The van der Waals surface area contributed by atoms with Gasteiger partial charge >= 0.3 is 0 Å². The van der Waals surface area contributed by atoms with Gasteiger partial charge in [-0.25, -0.2) is 0 Å². The van der Waals surface area contributed by atoms with Gasteiger partial charge in [-0.3, -0.25) is 0 Å². The molecule has 0 unspecified atom stereocenters. The lowest BCUT2D eigenvalue weighted by Gasteiger charge is -2.46. The summed E-state index contributed by atoms with van der Waals surface area (Å²) in [6, 6.07) is 24.1. The van der Waals surface area contributed by atoms with E-state index >= 15 is 0 Å². The fraction of sp³-hybridized carbons (Fsp3) is 0.435. The van der Waals surface area contributed by atoms with Gasteiger partial charge < -0.3 is 4.90 Å². The molecule has 5 rings (SSSR count). The molecule has 1 aliphatic carbocycles. The first-order valence-electron chi connectivity index (χ1n) is 9.58. The number of halogens is 1. The highest BCUT2D eigenvalue weighted by atomic mass is 35.5. The molecule has 3 aliphatic rings. The maximum Gasteiger partial charge on any atom is 0.108 e. The number of nitriles is 1. The van der Waals surface area contributed by atoms with Crippen LogP contribution in [0.25, 0.3) is 0 Å². The van der Waals surface area contributed by atoms with Crippen molar-refractivity contribution < 1.29 is 0 Å². The highest BCUT2D eigenvalue weighted by molar-refractivity contribution is 5.85. The van der Waals surface area contributed by atoms with Crippen LogP contribution in [0.3, 0.4) is 0 Å². The maximum absolute atomic E-state index is 10.3. The molecule has 0 atom stereocenters. The van der Waals surface area contributed by atoms with Crippen LogP contribution in [0.4, 0.5) is 0 Å². The van der Waals surface area contributed by atoms with Crippen LogP contribution in [0.2, 0.25) is 0 Å². The predicted octanol–water partition coefficient (Wildman–Crippen LogP) is 5.18. The molecule has 2 saturated heterocycles. The molecule has 3 fully saturated rings. The summed E-state index contributed by atoms with van der Waals surface area (Å²) in [5.74, 6) is 0.884. The summed E-state index contributed by atoms with van der Waals surface area (Å²) in [6.07, 6.45) is 6.37. The smallest absolute Gasteiger partial charge is 0.108 e. The van der Waals surface area contributed by atoms with Crippen LogP contribution in [-0.4, -0.2) is 24.0 Å². The van der Waals surface area contributed by atoms with Gasteiger partial charge in [0.25, 0.3) is 0 Å². The van der Waals surface area contributed by atoms with Crippen molar-refractivity contribution in [3.05, 3.63) is 71.8 Å². The van der Waals surface area contributed by atoms with Gasteiger partial charge in [-0.2, -0.15) is 5.26 Å². The summed E-state index contributed by atoms with van der Waals surface area (Å²) in [5.41, 5.74) is 1.68. The zero-order chi connectivity index (χ0) is 17.1. The van der Waals surface area contributed by atoms with Gasteiger partial charge in [0.1, 0.15) is 5.41 Å². The largest absolute Gasteiger partial charge is 0.300 e. The minimum absolute atomic E-state index is 0. The standard InChI is InChI=1S/C23H26N2.ClH/c24-18-23(20-7-3-1-4-8-20,21-9-5-2-6-10-21)15-16-25-17-19-11-13-22(25)14-12-19;/h1-10,19,22H,11-17H2;1H. The van der Waals surface area contributed by atoms with Crippen molar-refractivity contribution in [1.29, 1.82) is 5.26 Å². The van der Waals surface area contributed by atoms with Gasteiger partial charge in [0.05, 0.1) is 6.07 Å². The fourth-order valence-corrected chi connectivity index (χ4v) is 4.84. The van der Waals surface area contributed by atoms with Gasteiger partial charge in [0.2, 0.25) is 0 Å². The molecule has 3 heteroatoms. The third-order valence-corrected chi connectivity index (χ3v) is 6.32. The molecule has 26 heavy (non-hydrogen) atoms. The van der Waals surface area contributed by atoms with E-state index in [0.29, 0.717) is 0 Å². The summed E-state index contributed by atoms with van der Waals surface area (Å²) in [5, 5.41) is 10.3. The van der Waals surface area contributed by atoms with Gasteiger partial charge in [0.15, 0.2) is 0 Å². The second kappa shape index (κ2) is 8.25. The number of nitrogens with zero attached hydrogens (tertiary/aromatic N) is 2. The van der Waals surface area contributed by atoms with E-state index in [2.05, 4.69) is 35.2 Å². The van der Waals surface area contributed by atoms with Crippen molar-refractivity contribution in [3.8, 4) is 6.07 Å².